The van der Waals surface area contributed by atoms with Gasteiger partial charge >= 0.3 is 0 Å². The summed E-state index contributed by atoms with van der Waals surface area (Å²) >= 11 is 0. The van der Waals surface area contributed by atoms with E-state index < -0.39 is 4.92 Å². The molecule has 5 nitrogen and oxygen atoms in total. The molecule has 0 unspecified atom stereocenters. The number of nitro benzene ring substituents is 1. The van der Waals surface area contributed by atoms with Crippen molar-refractivity contribution in [1.82, 2.24) is 9.78 Å². The van der Waals surface area contributed by atoms with E-state index >= 15 is 0 Å². The lowest BCUT2D eigenvalue weighted by Crippen LogP contribution is -1.94. The molecule has 1 aromatic heterocycles. The highest BCUT2D eigenvalue weighted by atomic mass is 16.6. The van der Waals surface area contributed by atoms with Gasteiger partial charge < -0.3 is 0 Å². The van der Waals surface area contributed by atoms with Gasteiger partial charge in [-0.15, -0.1) is 0 Å². The van der Waals surface area contributed by atoms with Crippen LogP contribution in [0.3, 0.4) is 0 Å². The third-order valence-electron chi connectivity index (χ3n) is 2.29. The summed E-state index contributed by atoms with van der Waals surface area (Å²) in [5, 5.41) is 14.7. The van der Waals surface area contributed by atoms with Crippen molar-refractivity contribution in [3.63, 3.8) is 0 Å². The van der Waals surface area contributed by atoms with E-state index in [0.29, 0.717) is 0 Å². The van der Waals surface area contributed by atoms with Gasteiger partial charge in [-0.25, -0.2) is 4.68 Å². The van der Waals surface area contributed by atoms with E-state index in [9.17, 15) is 10.1 Å². The molecule has 0 atom stereocenters. The Morgan fingerprint density at radius 2 is 1.89 bits per heavy atom. The van der Waals surface area contributed by atoms with E-state index in [-0.39, 0.29) is 5.69 Å². The molecule has 0 amide bonds. The Hall–Kier alpha value is -2.43. The first-order valence-corrected chi connectivity index (χ1v) is 6.13. The molecule has 0 saturated carbocycles. The predicted octanol–water partition coefficient (Wildman–Crippen LogP) is 3.84. The summed E-state index contributed by atoms with van der Waals surface area (Å²) in [7, 11) is 0. The van der Waals surface area contributed by atoms with Crippen LogP contribution in [0.1, 0.15) is 26.3 Å². The van der Waals surface area contributed by atoms with Gasteiger partial charge in [0.25, 0.3) is 5.69 Å². The molecule has 19 heavy (non-hydrogen) atoms. The monoisotopic (exact) mass is 259 g/mol. The van der Waals surface area contributed by atoms with Gasteiger partial charge in [0.15, 0.2) is 0 Å². The number of aromatic nitrogens is 2. The van der Waals surface area contributed by atoms with Crippen molar-refractivity contribution in [3.05, 3.63) is 58.4 Å². The second kappa shape index (κ2) is 7.10. The van der Waals surface area contributed by atoms with Gasteiger partial charge in [-0.2, -0.15) is 5.10 Å². The number of hydrogen-bond donors (Lipinski definition) is 0. The molecular weight excluding hydrogens is 242 g/mol. The molecule has 0 bridgehead atoms. The molecule has 0 aliphatic rings. The summed E-state index contributed by atoms with van der Waals surface area (Å²) in [5.74, 6) is 0. The zero-order valence-corrected chi connectivity index (χ0v) is 11.3. The van der Waals surface area contributed by atoms with Crippen LogP contribution in [0.25, 0.3) is 11.8 Å². The van der Waals surface area contributed by atoms with Crippen LogP contribution in [0.5, 0.6) is 0 Å². The molecule has 0 N–H and O–H groups in total. The van der Waals surface area contributed by atoms with E-state index in [1.807, 2.05) is 39.1 Å². The quantitative estimate of drug-likeness (QED) is 0.621. The van der Waals surface area contributed by atoms with E-state index in [4.69, 9.17) is 0 Å². The molecular formula is C14H17N3O2. The number of allylic oxidation sites excluding steroid dienone is 1. The molecule has 5 heteroatoms. The van der Waals surface area contributed by atoms with Crippen LogP contribution in [-0.4, -0.2) is 14.7 Å². The lowest BCUT2D eigenvalue weighted by Gasteiger charge is -1.99. The van der Waals surface area contributed by atoms with E-state index in [2.05, 4.69) is 5.10 Å². The number of rotatable bonds is 3. The molecule has 0 spiro atoms. The average molecular weight is 259 g/mol. The van der Waals surface area contributed by atoms with Crippen LogP contribution < -0.4 is 0 Å². The van der Waals surface area contributed by atoms with Crippen molar-refractivity contribution in [2.75, 3.05) is 0 Å². The zero-order valence-electron chi connectivity index (χ0n) is 11.3. The summed E-state index contributed by atoms with van der Waals surface area (Å²) in [6, 6.07) is 6.27. The Balaban J connectivity index is 0.000000861. The summed E-state index contributed by atoms with van der Waals surface area (Å²) in [6.07, 6.45) is 7.47. The molecule has 0 radical (unpaired) electrons. The largest absolute Gasteiger partial charge is 0.269 e. The van der Waals surface area contributed by atoms with Crippen LogP contribution in [0.2, 0.25) is 0 Å². The Bertz CT molecular complexity index is 556. The lowest BCUT2D eigenvalue weighted by atomic mass is 10.3. The molecule has 1 heterocycles. The van der Waals surface area contributed by atoms with Crippen molar-refractivity contribution >= 4 is 11.8 Å². The van der Waals surface area contributed by atoms with Crippen LogP contribution >= 0.6 is 0 Å². The Labute approximate surface area is 112 Å². The molecule has 0 saturated heterocycles. The predicted molar refractivity (Wildman–Crippen MR) is 76.3 cm³/mol. The molecule has 100 valence electrons. The fourth-order valence-electron chi connectivity index (χ4n) is 1.48. The maximum absolute atomic E-state index is 10.5. The average Bonchev–Trinajstić information content (AvgIpc) is 2.90. The number of non-ortho nitro benzene ring substituents is 1. The third kappa shape index (κ3) is 3.77. The minimum Gasteiger partial charge on any atom is -0.258 e. The smallest absolute Gasteiger partial charge is 0.258 e. The van der Waals surface area contributed by atoms with Crippen LogP contribution in [-0.2, 0) is 0 Å². The highest BCUT2D eigenvalue weighted by molar-refractivity contribution is 5.48. The number of nitro groups is 1. The van der Waals surface area contributed by atoms with Gasteiger partial charge in [-0.05, 0) is 19.1 Å². The summed E-state index contributed by atoms with van der Waals surface area (Å²) in [4.78, 5) is 10.1. The lowest BCUT2D eigenvalue weighted by molar-refractivity contribution is -0.384. The molecule has 1 aromatic carbocycles. The number of benzene rings is 1. The van der Waals surface area contributed by atoms with Crippen molar-refractivity contribution in [2.45, 2.75) is 20.8 Å². The second-order valence-corrected chi connectivity index (χ2v) is 3.49. The fraction of sp³-hybridized carbons (Fsp3) is 0.214. The highest BCUT2D eigenvalue weighted by Gasteiger charge is 2.05. The van der Waals surface area contributed by atoms with Gasteiger partial charge in [0.1, 0.15) is 0 Å². The van der Waals surface area contributed by atoms with Crippen molar-refractivity contribution in [3.8, 4) is 5.69 Å². The topological polar surface area (TPSA) is 61.0 Å². The van der Waals surface area contributed by atoms with Gasteiger partial charge in [-0.1, -0.05) is 26.0 Å². The minimum absolute atomic E-state index is 0.0783. The van der Waals surface area contributed by atoms with Crippen LogP contribution in [0, 0.1) is 10.1 Å². The summed E-state index contributed by atoms with van der Waals surface area (Å²) in [5.41, 5.74) is 1.87. The normalized spacial score (nSPS) is 10.1. The van der Waals surface area contributed by atoms with E-state index in [0.717, 1.165) is 11.3 Å². The Morgan fingerprint density at radius 3 is 2.42 bits per heavy atom. The SMILES string of the molecule is C/C=C/c1cnn(-c2ccc([N+](=O)[O-])cc2)c1.CC. The summed E-state index contributed by atoms with van der Waals surface area (Å²) < 4.78 is 1.68. The second-order valence-electron chi connectivity index (χ2n) is 3.49. The standard InChI is InChI=1S/C12H11N3O2.C2H6/c1-2-3-10-8-13-14(9-10)11-4-6-12(7-5-11)15(16)17;1-2/h2-9H,1H3;1-2H3/b3-2+;. The maximum atomic E-state index is 10.5. The van der Waals surface area contributed by atoms with E-state index in [1.54, 1.807) is 23.0 Å². The van der Waals surface area contributed by atoms with Crippen molar-refractivity contribution in [2.24, 2.45) is 0 Å². The fourth-order valence-corrected chi connectivity index (χ4v) is 1.48. The first-order valence-electron chi connectivity index (χ1n) is 6.13. The van der Waals surface area contributed by atoms with Crippen LogP contribution in [0.4, 0.5) is 5.69 Å². The van der Waals surface area contributed by atoms with Gasteiger partial charge in [0.05, 0.1) is 16.8 Å². The van der Waals surface area contributed by atoms with Crippen LogP contribution in [0.15, 0.2) is 42.7 Å². The number of nitrogens with zero attached hydrogens (tertiary/aromatic N) is 3. The van der Waals surface area contributed by atoms with Gasteiger partial charge in [-0.3, -0.25) is 10.1 Å². The van der Waals surface area contributed by atoms with Crippen molar-refractivity contribution in [1.29, 1.82) is 0 Å². The molecule has 0 fully saturated rings. The van der Waals surface area contributed by atoms with E-state index in [1.165, 1.54) is 12.1 Å². The van der Waals surface area contributed by atoms with Gasteiger partial charge in [0.2, 0.25) is 0 Å². The third-order valence-corrected chi connectivity index (χ3v) is 2.29. The molecule has 0 aliphatic carbocycles. The van der Waals surface area contributed by atoms with Gasteiger partial charge in [0, 0.05) is 23.9 Å². The first-order chi connectivity index (χ1) is 9.20. The maximum Gasteiger partial charge on any atom is 0.269 e. The highest BCUT2D eigenvalue weighted by Crippen LogP contribution is 2.15. The first kappa shape index (κ1) is 14.6. The van der Waals surface area contributed by atoms with Crippen molar-refractivity contribution < 1.29 is 4.92 Å². The zero-order chi connectivity index (χ0) is 14.3. The molecule has 2 rings (SSSR count). The summed E-state index contributed by atoms with van der Waals surface area (Å²) in [6.45, 7) is 5.93. The Morgan fingerprint density at radius 1 is 1.26 bits per heavy atom. The molecule has 0 aliphatic heterocycles. The Kier molecular flexibility index (Phi) is 5.47. The number of hydrogen-bond acceptors (Lipinski definition) is 3. The molecule has 2 aromatic rings. The minimum atomic E-state index is -0.419.